The number of carboxylic acids is 1. The standard InChI is InChI=1S/C12H10N4O4/c17-9-2-1-7(11(18)15-9)8-4-14-16-5-6(12(19)20)3-13-10(8)16/h3-5,7H,1-2H2,(H,19,20)(H,15,17,18). The lowest BCUT2D eigenvalue weighted by Gasteiger charge is -2.19. The summed E-state index contributed by atoms with van der Waals surface area (Å²) in [5.74, 6) is -2.25. The molecule has 1 aliphatic rings. The van der Waals surface area contributed by atoms with Crippen LogP contribution in [0.2, 0.25) is 0 Å². The molecule has 1 unspecified atom stereocenters. The van der Waals surface area contributed by atoms with Gasteiger partial charge < -0.3 is 5.11 Å². The first-order valence-corrected chi connectivity index (χ1v) is 5.96. The van der Waals surface area contributed by atoms with Crippen LogP contribution in [0.3, 0.4) is 0 Å². The number of aromatic nitrogens is 3. The summed E-state index contributed by atoms with van der Waals surface area (Å²) in [6.45, 7) is 0. The van der Waals surface area contributed by atoms with Crippen LogP contribution in [0.15, 0.2) is 18.6 Å². The molecule has 0 radical (unpaired) electrons. The molecule has 1 atom stereocenters. The van der Waals surface area contributed by atoms with Crippen molar-refractivity contribution in [3.05, 3.63) is 29.7 Å². The monoisotopic (exact) mass is 274 g/mol. The number of nitrogens with zero attached hydrogens (tertiary/aromatic N) is 3. The molecule has 0 aliphatic carbocycles. The summed E-state index contributed by atoms with van der Waals surface area (Å²) >= 11 is 0. The SMILES string of the molecule is O=C1CCC(c2cnn3cc(C(=O)O)cnc23)C(=O)N1. The van der Waals surface area contributed by atoms with Crippen LogP contribution in [-0.2, 0) is 9.59 Å². The number of nitrogens with one attached hydrogen (secondary N) is 1. The number of fused-ring (bicyclic) bond motifs is 1. The van der Waals surface area contributed by atoms with Crippen molar-refractivity contribution in [2.45, 2.75) is 18.8 Å². The Hall–Kier alpha value is -2.77. The lowest BCUT2D eigenvalue weighted by Crippen LogP contribution is -2.39. The molecule has 1 saturated heterocycles. The van der Waals surface area contributed by atoms with E-state index in [1.165, 1.54) is 23.1 Å². The molecule has 3 heterocycles. The van der Waals surface area contributed by atoms with Crippen LogP contribution >= 0.6 is 0 Å². The number of imide groups is 1. The highest BCUT2D eigenvalue weighted by atomic mass is 16.4. The highest BCUT2D eigenvalue weighted by molar-refractivity contribution is 6.01. The topological polar surface area (TPSA) is 114 Å². The van der Waals surface area contributed by atoms with Crippen LogP contribution in [0, 0.1) is 0 Å². The number of hydrogen-bond acceptors (Lipinski definition) is 5. The summed E-state index contributed by atoms with van der Waals surface area (Å²) < 4.78 is 1.32. The summed E-state index contributed by atoms with van der Waals surface area (Å²) in [5.41, 5.74) is 1.02. The van der Waals surface area contributed by atoms with Crippen LogP contribution in [0.4, 0.5) is 0 Å². The van der Waals surface area contributed by atoms with Crippen molar-refractivity contribution < 1.29 is 19.5 Å². The summed E-state index contributed by atoms with van der Waals surface area (Å²) in [4.78, 5) is 37.9. The van der Waals surface area contributed by atoms with Gasteiger partial charge in [0.25, 0.3) is 0 Å². The van der Waals surface area contributed by atoms with Crippen LogP contribution in [0.1, 0.15) is 34.7 Å². The van der Waals surface area contributed by atoms with E-state index >= 15 is 0 Å². The summed E-state index contributed by atoms with van der Waals surface area (Å²) in [6.07, 6.45) is 4.69. The van der Waals surface area contributed by atoms with Gasteiger partial charge in [-0.1, -0.05) is 0 Å². The second-order valence-corrected chi connectivity index (χ2v) is 4.52. The van der Waals surface area contributed by atoms with Crippen molar-refractivity contribution >= 4 is 23.4 Å². The molecule has 2 amide bonds. The van der Waals surface area contributed by atoms with E-state index in [1.54, 1.807) is 0 Å². The minimum absolute atomic E-state index is 0.00965. The van der Waals surface area contributed by atoms with Gasteiger partial charge in [0, 0.05) is 24.4 Å². The fourth-order valence-electron chi connectivity index (χ4n) is 2.24. The highest BCUT2D eigenvalue weighted by Gasteiger charge is 2.30. The third-order valence-corrected chi connectivity index (χ3v) is 3.25. The lowest BCUT2D eigenvalue weighted by atomic mass is 9.92. The minimum atomic E-state index is -1.10. The average molecular weight is 274 g/mol. The number of hydrogen-bond donors (Lipinski definition) is 2. The van der Waals surface area contributed by atoms with Gasteiger partial charge in [-0.05, 0) is 6.42 Å². The van der Waals surface area contributed by atoms with E-state index in [0.29, 0.717) is 17.6 Å². The van der Waals surface area contributed by atoms with E-state index < -0.39 is 11.9 Å². The highest BCUT2D eigenvalue weighted by Crippen LogP contribution is 2.27. The summed E-state index contributed by atoms with van der Waals surface area (Å²) in [5, 5.41) is 15.2. The Morgan fingerprint density at radius 3 is 2.90 bits per heavy atom. The third kappa shape index (κ3) is 1.91. The molecule has 8 heteroatoms. The smallest absolute Gasteiger partial charge is 0.338 e. The van der Waals surface area contributed by atoms with E-state index in [0.717, 1.165) is 0 Å². The molecular formula is C12H10N4O4. The fraction of sp³-hybridized carbons (Fsp3) is 0.250. The molecule has 0 saturated carbocycles. The Balaban J connectivity index is 2.02. The second kappa shape index (κ2) is 4.41. The van der Waals surface area contributed by atoms with Gasteiger partial charge in [0.2, 0.25) is 11.8 Å². The van der Waals surface area contributed by atoms with Crippen molar-refractivity contribution in [1.82, 2.24) is 19.9 Å². The maximum absolute atomic E-state index is 11.8. The predicted octanol–water partition coefficient (Wildman–Crippen LogP) is -0.0523. The number of carbonyl (C=O) groups is 3. The second-order valence-electron chi connectivity index (χ2n) is 4.52. The number of rotatable bonds is 2. The minimum Gasteiger partial charge on any atom is -0.478 e. The normalized spacial score (nSPS) is 19.1. The zero-order valence-electron chi connectivity index (χ0n) is 10.2. The van der Waals surface area contributed by atoms with E-state index in [9.17, 15) is 14.4 Å². The van der Waals surface area contributed by atoms with Gasteiger partial charge in [0.05, 0.1) is 17.7 Å². The van der Waals surface area contributed by atoms with Gasteiger partial charge in [0.1, 0.15) is 0 Å². The average Bonchev–Trinajstić information content (AvgIpc) is 2.81. The molecule has 2 aromatic heterocycles. The molecule has 3 rings (SSSR count). The van der Waals surface area contributed by atoms with Crippen LogP contribution < -0.4 is 5.32 Å². The molecule has 1 aliphatic heterocycles. The van der Waals surface area contributed by atoms with Gasteiger partial charge in [-0.25, -0.2) is 14.3 Å². The molecule has 2 N–H and O–H groups in total. The van der Waals surface area contributed by atoms with Crippen LogP contribution in [0.5, 0.6) is 0 Å². The zero-order valence-corrected chi connectivity index (χ0v) is 10.2. The first-order valence-electron chi connectivity index (χ1n) is 5.96. The zero-order chi connectivity index (χ0) is 14.3. The quantitative estimate of drug-likeness (QED) is 0.742. The van der Waals surface area contributed by atoms with Gasteiger partial charge in [-0.15, -0.1) is 0 Å². The number of aromatic carboxylic acids is 1. The molecule has 0 bridgehead atoms. The number of carboxylic acid groups (broad SMARTS) is 1. The Labute approximate surface area is 112 Å². The predicted molar refractivity (Wildman–Crippen MR) is 65.1 cm³/mol. The van der Waals surface area contributed by atoms with Gasteiger partial charge >= 0.3 is 5.97 Å². The molecule has 102 valence electrons. The van der Waals surface area contributed by atoms with Crippen molar-refractivity contribution in [2.24, 2.45) is 0 Å². The van der Waals surface area contributed by atoms with E-state index in [1.807, 2.05) is 0 Å². The number of piperidine rings is 1. The first-order chi connectivity index (χ1) is 9.56. The number of carbonyl (C=O) groups excluding carboxylic acids is 2. The summed E-state index contributed by atoms with van der Waals surface area (Å²) in [6, 6.07) is 0. The molecule has 2 aromatic rings. The fourth-order valence-corrected chi connectivity index (χ4v) is 2.24. The van der Waals surface area contributed by atoms with Gasteiger partial charge in [-0.2, -0.15) is 5.10 Å². The molecule has 1 fully saturated rings. The van der Waals surface area contributed by atoms with Gasteiger partial charge in [0.15, 0.2) is 5.65 Å². The molecular weight excluding hydrogens is 264 g/mol. The Morgan fingerprint density at radius 1 is 1.40 bits per heavy atom. The first kappa shape index (κ1) is 12.3. The number of amides is 2. The lowest BCUT2D eigenvalue weighted by molar-refractivity contribution is -0.134. The Bertz CT molecular complexity index is 736. The van der Waals surface area contributed by atoms with Crippen LogP contribution in [0.25, 0.3) is 5.65 Å². The molecule has 20 heavy (non-hydrogen) atoms. The molecule has 0 aromatic carbocycles. The Kier molecular flexibility index (Phi) is 2.70. The maximum atomic E-state index is 11.8. The van der Waals surface area contributed by atoms with E-state index in [-0.39, 0.29) is 23.8 Å². The summed E-state index contributed by atoms with van der Waals surface area (Å²) in [7, 11) is 0. The van der Waals surface area contributed by atoms with Crippen molar-refractivity contribution in [1.29, 1.82) is 0 Å². The van der Waals surface area contributed by atoms with Crippen LogP contribution in [-0.4, -0.2) is 37.5 Å². The third-order valence-electron chi connectivity index (χ3n) is 3.25. The van der Waals surface area contributed by atoms with E-state index in [2.05, 4.69) is 15.4 Å². The maximum Gasteiger partial charge on any atom is 0.338 e. The van der Waals surface area contributed by atoms with Gasteiger partial charge in [-0.3, -0.25) is 14.9 Å². The van der Waals surface area contributed by atoms with Crippen molar-refractivity contribution in [2.75, 3.05) is 0 Å². The largest absolute Gasteiger partial charge is 0.478 e. The van der Waals surface area contributed by atoms with Crippen molar-refractivity contribution in [3.8, 4) is 0 Å². The molecule has 0 spiro atoms. The Morgan fingerprint density at radius 2 is 2.20 bits per heavy atom. The molecule has 8 nitrogen and oxygen atoms in total. The van der Waals surface area contributed by atoms with Crippen molar-refractivity contribution in [3.63, 3.8) is 0 Å². The van der Waals surface area contributed by atoms with E-state index in [4.69, 9.17) is 5.11 Å².